The van der Waals surface area contributed by atoms with Gasteiger partial charge in [0, 0.05) is 40.6 Å². The molecule has 4 aromatic rings. The second-order valence-corrected chi connectivity index (χ2v) is 10.1. The molecule has 13 nitrogen and oxygen atoms in total. The molecule has 13 heteroatoms. The number of para-hydroxylation sites is 2. The summed E-state index contributed by atoms with van der Waals surface area (Å²) >= 11 is 0. The highest BCUT2D eigenvalue weighted by molar-refractivity contribution is 5.95. The van der Waals surface area contributed by atoms with E-state index in [9.17, 15) is 34.5 Å². The van der Waals surface area contributed by atoms with E-state index in [1.165, 1.54) is 6.92 Å². The first kappa shape index (κ1) is 30.2. The van der Waals surface area contributed by atoms with Crippen LogP contribution in [0.3, 0.4) is 0 Å². The van der Waals surface area contributed by atoms with Gasteiger partial charge in [-0.2, -0.15) is 0 Å². The van der Waals surface area contributed by atoms with E-state index in [4.69, 9.17) is 5.73 Å². The molecule has 0 aliphatic rings. The van der Waals surface area contributed by atoms with Gasteiger partial charge in [0.05, 0.1) is 18.8 Å². The van der Waals surface area contributed by atoms with E-state index in [0.717, 1.165) is 27.4 Å². The quantitative estimate of drug-likeness (QED) is 0.102. The molecule has 42 heavy (non-hydrogen) atoms. The number of hydrogen-bond donors (Lipinski definition) is 9. The highest BCUT2D eigenvalue weighted by Gasteiger charge is 2.32. The van der Waals surface area contributed by atoms with Gasteiger partial charge in [0.25, 0.3) is 0 Å². The van der Waals surface area contributed by atoms with Crippen LogP contribution < -0.4 is 21.7 Å². The fraction of sp³-hybridized carbons (Fsp3) is 0.310. The van der Waals surface area contributed by atoms with E-state index < -0.39 is 60.6 Å². The van der Waals surface area contributed by atoms with E-state index in [0.29, 0.717) is 5.56 Å². The minimum Gasteiger partial charge on any atom is -0.480 e. The Morgan fingerprint density at radius 1 is 0.786 bits per heavy atom. The molecular formula is C29H34N6O7. The molecule has 0 spiro atoms. The molecule has 222 valence electrons. The molecule has 2 heterocycles. The maximum absolute atomic E-state index is 13.4. The second kappa shape index (κ2) is 13.3. The van der Waals surface area contributed by atoms with Crippen molar-refractivity contribution in [1.29, 1.82) is 0 Å². The van der Waals surface area contributed by atoms with Gasteiger partial charge >= 0.3 is 5.97 Å². The molecule has 5 atom stereocenters. The maximum Gasteiger partial charge on any atom is 0.328 e. The van der Waals surface area contributed by atoms with Crippen LogP contribution in [-0.2, 0) is 32.0 Å². The molecule has 0 radical (unpaired) electrons. The first-order chi connectivity index (χ1) is 20.1. The Kier molecular flexibility index (Phi) is 9.57. The van der Waals surface area contributed by atoms with Crippen molar-refractivity contribution in [3.63, 3.8) is 0 Å². The Hall–Kier alpha value is -4.72. The second-order valence-electron chi connectivity index (χ2n) is 10.1. The van der Waals surface area contributed by atoms with E-state index >= 15 is 0 Å². The first-order valence-corrected chi connectivity index (χ1v) is 13.4. The molecule has 0 aliphatic carbocycles. The third-order valence-corrected chi connectivity index (χ3v) is 7.05. The predicted molar refractivity (Wildman–Crippen MR) is 154 cm³/mol. The summed E-state index contributed by atoms with van der Waals surface area (Å²) in [6.07, 6.45) is 2.26. The molecule has 4 rings (SSSR count). The van der Waals surface area contributed by atoms with Crippen LogP contribution in [0.25, 0.3) is 21.8 Å². The maximum atomic E-state index is 13.4. The lowest BCUT2D eigenvalue weighted by Crippen LogP contribution is -2.59. The molecule has 0 fully saturated rings. The van der Waals surface area contributed by atoms with Crippen LogP contribution in [0.4, 0.5) is 0 Å². The highest BCUT2D eigenvalue weighted by atomic mass is 16.4. The zero-order chi connectivity index (χ0) is 30.4. The normalized spacial score (nSPS) is 15.0. The molecule has 2 aromatic heterocycles. The summed E-state index contributed by atoms with van der Waals surface area (Å²) in [7, 11) is 0. The van der Waals surface area contributed by atoms with Crippen molar-refractivity contribution in [3.05, 3.63) is 72.1 Å². The minimum absolute atomic E-state index is 0.0204. The monoisotopic (exact) mass is 578 g/mol. The van der Waals surface area contributed by atoms with Crippen molar-refractivity contribution in [2.75, 3.05) is 6.61 Å². The van der Waals surface area contributed by atoms with Crippen molar-refractivity contribution in [1.82, 2.24) is 25.9 Å². The zero-order valence-electron chi connectivity index (χ0n) is 22.8. The number of aliphatic carboxylic acids is 1. The lowest BCUT2D eigenvalue weighted by atomic mass is 10.0. The Labute approximate surface area is 240 Å². The van der Waals surface area contributed by atoms with Crippen LogP contribution in [0, 0.1) is 0 Å². The van der Waals surface area contributed by atoms with Crippen LogP contribution in [0.15, 0.2) is 60.9 Å². The Bertz CT molecular complexity index is 1580. The molecule has 3 amide bonds. The third kappa shape index (κ3) is 6.94. The van der Waals surface area contributed by atoms with E-state index in [1.54, 1.807) is 12.4 Å². The zero-order valence-corrected chi connectivity index (χ0v) is 22.8. The summed E-state index contributed by atoms with van der Waals surface area (Å²) in [4.78, 5) is 57.0. The summed E-state index contributed by atoms with van der Waals surface area (Å²) < 4.78 is 0. The van der Waals surface area contributed by atoms with Crippen LogP contribution in [0.5, 0.6) is 0 Å². The molecule has 0 saturated heterocycles. The number of nitrogens with one attached hydrogen (secondary N) is 5. The van der Waals surface area contributed by atoms with E-state index in [-0.39, 0.29) is 12.8 Å². The number of nitrogens with two attached hydrogens (primary N) is 1. The van der Waals surface area contributed by atoms with E-state index in [2.05, 4.69) is 25.9 Å². The number of carbonyl (C=O) groups is 4. The van der Waals surface area contributed by atoms with Crippen LogP contribution >= 0.6 is 0 Å². The Balaban J connectivity index is 1.52. The highest BCUT2D eigenvalue weighted by Crippen LogP contribution is 2.20. The lowest BCUT2D eigenvalue weighted by Gasteiger charge is -2.25. The number of H-pyrrole nitrogens is 2. The predicted octanol–water partition coefficient (Wildman–Crippen LogP) is -0.326. The van der Waals surface area contributed by atoms with Crippen LogP contribution in [0.1, 0.15) is 18.1 Å². The number of carboxylic acid groups (broad SMARTS) is 1. The molecular weight excluding hydrogens is 544 g/mol. The van der Waals surface area contributed by atoms with Crippen molar-refractivity contribution in [2.45, 2.75) is 50.0 Å². The number of aromatic nitrogens is 2. The molecule has 2 aromatic carbocycles. The van der Waals surface area contributed by atoms with Gasteiger partial charge in [0.15, 0.2) is 6.04 Å². The SMILES string of the molecule is CC(O)C(NC(=O)C(CO)NC(=O)C(Cc1c[nH]c2ccccc12)NC(=O)C(N)Cc1c[nH]c2ccccc12)C(=O)O. The van der Waals surface area contributed by atoms with Gasteiger partial charge in [-0.1, -0.05) is 36.4 Å². The standard InChI is InChI=1S/C29H34N6O7/c1-15(37)25(29(41)42)35-28(40)24(14-36)34-27(39)23(11-17-13-32-22-9-5-3-7-19(17)22)33-26(38)20(30)10-16-12-31-21-8-4-2-6-18(16)21/h2-9,12-13,15,20,23-25,31-32,36-37H,10-11,14,30H2,1H3,(H,33,38)(H,34,39)(H,35,40)(H,41,42). The van der Waals surface area contributed by atoms with Gasteiger partial charge in [-0.05, 0) is 36.6 Å². The minimum atomic E-state index is -1.66. The van der Waals surface area contributed by atoms with Crippen molar-refractivity contribution in [2.24, 2.45) is 5.73 Å². The lowest BCUT2D eigenvalue weighted by molar-refractivity contribution is -0.145. The number of aliphatic hydroxyl groups excluding tert-OH is 2. The number of hydrogen-bond acceptors (Lipinski definition) is 7. The van der Waals surface area contributed by atoms with Gasteiger partial charge in [-0.3, -0.25) is 14.4 Å². The summed E-state index contributed by atoms with van der Waals surface area (Å²) in [5.74, 6) is -3.92. The number of benzene rings is 2. The molecule has 10 N–H and O–H groups in total. The van der Waals surface area contributed by atoms with Gasteiger partial charge in [-0.15, -0.1) is 0 Å². The average Bonchev–Trinajstić information content (AvgIpc) is 3.57. The molecule has 5 unspecified atom stereocenters. The van der Waals surface area contributed by atoms with Crippen molar-refractivity contribution in [3.8, 4) is 0 Å². The summed E-state index contributed by atoms with van der Waals surface area (Å²) in [5.41, 5.74) is 9.50. The number of aromatic amines is 2. The van der Waals surface area contributed by atoms with Crippen molar-refractivity contribution < 1.29 is 34.5 Å². The molecule has 0 aliphatic heterocycles. The van der Waals surface area contributed by atoms with E-state index in [1.807, 2.05) is 48.5 Å². The first-order valence-electron chi connectivity index (χ1n) is 13.4. The fourth-order valence-electron chi connectivity index (χ4n) is 4.75. The number of aliphatic hydroxyl groups is 2. The smallest absolute Gasteiger partial charge is 0.328 e. The van der Waals surface area contributed by atoms with Gasteiger partial charge in [-0.25, -0.2) is 4.79 Å². The van der Waals surface area contributed by atoms with Crippen molar-refractivity contribution >= 4 is 45.5 Å². The number of fused-ring (bicyclic) bond motifs is 2. The Morgan fingerprint density at radius 2 is 1.29 bits per heavy atom. The van der Waals surface area contributed by atoms with Gasteiger partial charge in [0.2, 0.25) is 17.7 Å². The summed E-state index contributed by atoms with van der Waals surface area (Å²) in [6.45, 7) is 0.315. The van der Waals surface area contributed by atoms with Gasteiger partial charge in [0.1, 0.15) is 12.1 Å². The fourth-order valence-corrected chi connectivity index (χ4v) is 4.75. The van der Waals surface area contributed by atoms with Gasteiger partial charge < -0.3 is 47.0 Å². The molecule has 0 bridgehead atoms. The molecule has 0 saturated carbocycles. The number of carbonyl (C=O) groups excluding carboxylic acids is 3. The topological polar surface area (TPSA) is 223 Å². The number of rotatable bonds is 13. The average molecular weight is 579 g/mol. The number of carboxylic acids is 1. The largest absolute Gasteiger partial charge is 0.480 e. The summed E-state index contributed by atoms with van der Waals surface area (Å²) in [5, 5.41) is 37.7. The Morgan fingerprint density at radius 3 is 1.81 bits per heavy atom. The third-order valence-electron chi connectivity index (χ3n) is 7.05. The van der Waals surface area contributed by atoms with Crippen LogP contribution in [-0.4, -0.2) is 85.9 Å². The number of amides is 3. The summed E-state index contributed by atoms with van der Waals surface area (Å²) in [6, 6.07) is 9.53. The van der Waals surface area contributed by atoms with Crippen LogP contribution in [0.2, 0.25) is 0 Å².